The van der Waals surface area contributed by atoms with Crippen LogP contribution in [0.3, 0.4) is 0 Å². The maximum atomic E-state index is 5.55. The summed E-state index contributed by atoms with van der Waals surface area (Å²) in [5.41, 5.74) is 8.44. The molecule has 1 aliphatic rings. The van der Waals surface area contributed by atoms with Gasteiger partial charge >= 0.3 is 0 Å². The van der Waals surface area contributed by atoms with Crippen molar-refractivity contribution in [3.8, 4) is 0 Å². The van der Waals surface area contributed by atoms with E-state index in [1.807, 2.05) is 0 Å². The Morgan fingerprint density at radius 1 is 1.29 bits per heavy atom. The standard InChI is InChI=1S/C14H20N2S/c15-14(17)9-5-11-16-10-4-3-7-12-6-1-2-8-13(12)16/h1-2,6,8H,3-5,7,9-11H2,(H2,15,17). The molecule has 0 radical (unpaired) electrons. The molecule has 2 rings (SSSR count). The molecule has 0 saturated carbocycles. The van der Waals surface area contributed by atoms with Crippen molar-refractivity contribution in [2.24, 2.45) is 5.73 Å². The zero-order valence-corrected chi connectivity index (χ0v) is 11.0. The van der Waals surface area contributed by atoms with E-state index >= 15 is 0 Å². The molecule has 0 aliphatic carbocycles. The molecule has 2 N–H and O–H groups in total. The summed E-state index contributed by atoms with van der Waals surface area (Å²) in [6.45, 7) is 2.22. The number of aryl methyl sites for hydroxylation is 1. The molecule has 1 aromatic carbocycles. The molecule has 0 fully saturated rings. The van der Waals surface area contributed by atoms with E-state index in [4.69, 9.17) is 18.0 Å². The van der Waals surface area contributed by atoms with Crippen LogP contribution in [0.4, 0.5) is 5.69 Å². The van der Waals surface area contributed by atoms with Crippen LogP contribution in [0.1, 0.15) is 31.2 Å². The minimum atomic E-state index is 0.633. The number of nitrogens with zero attached hydrogens (tertiary/aromatic N) is 1. The lowest BCUT2D eigenvalue weighted by molar-refractivity contribution is 0.697. The van der Waals surface area contributed by atoms with Crippen molar-refractivity contribution in [1.82, 2.24) is 0 Å². The van der Waals surface area contributed by atoms with Gasteiger partial charge in [-0.1, -0.05) is 30.4 Å². The third-order valence-corrected chi connectivity index (χ3v) is 3.51. The Bertz CT molecular complexity index is 390. The normalized spacial score (nSPS) is 15.2. The summed E-state index contributed by atoms with van der Waals surface area (Å²) in [6, 6.07) is 8.75. The minimum Gasteiger partial charge on any atom is -0.393 e. The summed E-state index contributed by atoms with van der Waals surface area (Å²) in [7, 11) is 0. The van der Waals surface area contributed by atoms with Gasteiger partial charge in [0.15, 0.2) is 0 Å². The molecule has 0 atom stereocenters. The zero-order valence-electron chi connectivity index (χ0n) is 10.2. The molecule has 2 nitrogen and oxygen atoms in total. The molecule has 1 heterocycles. The summed E-state index contributed by atoms with van der Waals surface area (Å²) in [6.07, 6.45) is 5.70. The fourth-order valence-corrected chi connectivity index (χ4v) is 2.59. The van der Waals surface area contributed by atoms with Gasteiger partial charge in [0, 0.05) is 18.8 Å². The average Bonchev–Trinajstić information content (AvgIpc) is 2.52. The minimum absolute atomic E-state index is 0.633. The summed E-state index contributed by atoms with van der Waals surface area (Å²) >= 11 is 4.93. The lowest BCUT2D eigenvalue weighted by Crippen LogP contribution is -2.26. The molecule has 17 heavy (non-hydrogen) atoms. The highest BCUT2D eigenvalue weighted by Gasteiger charge is 2.13. The van der Waals surface area contributed by atoms with Crippen LogP contribution in [0.25, 0.3) is 0 Å². The zero-order chi connectivity index (χ0) is 12.1. The molecule has 1 aliphatic heterocycles. The van der Waals surface area contributed by atoms with Gasteiger partial charge in [-0.2, -0.15) is 0 Å². The van der Waals surface area contributed by atoms with Gasteiger partial charge in [0.2, 0.25) is 0 Å². The third kappa shape index (κ3) is 3.43. The van der Waals surface area contributed by atoms with Crippen LogP contribution in [0.15, 0.2) is 24.3 Å². The number of hydrogen-bond acceptors (Lipinski definition) is 2. The van der Waals surface area contributed by atoms with Gasteiger partial charge in [0.05, 0.1) is 4.99 Å². The average molecular weight is 248 g/mol. The van der Waals surface area contributed by atoms with E-state index in [1.54, 1.807) is 0 Å². The molecule has 0 amide bonds. The van der Waals surface area contributed by atoms with Gasteiger partial charge in [0.25, 0.3) is 0 Å². The predicted molar refractivity (Wildman–Crippen MR) is 77.6 cm³/mol. The van der Waals surface area contributed by atoms with Crippen LogP contribution in [0.5, 0.6) is 0 Å². The van der Waals surface area contributed by atoms with Crippen LogP contribution in [-0.4, -0.2) is 18.1 Å². The van der Waals surface area contributed by atoms with E-state index < -0.39 is 0 Å². The van der Waals surface area contributed by atoms with Crippen molar-refractivity contribution in [3.05, 3.63) is 29.8 Å². The first-order valence-corrected chi connectivity index (χ1v) is 6.79. The highest BCUT2D eigenvalue weighted by atomic mass is 32.1. The molecule has 0 bridgehead atoms. The van der Waals surface area contributed by atoms with E-state index in [9.17, 15) is 0 Å². The first-order chi connectivity index (χ1) is 8.27. The number of fused-ring (bicyclic) bond motifs is 1. The van der Waals surface area contributed by atoms with Crippen molar-refractivity contribution in [1.29, 1.82) is 0 Å². The van der Waals surface area contributed by atoms with Crippen LogP contribution in [-0.2, 0) is 6.42 Å². The Balaban J connectivity index is 2.04. The number of para-hydroxylation sites is 1. The van der Waals surface area contributed by atoms with Gasteiger partial charge in [0.1, 0.15) is 0 Å². The molecule has 1 aromatic rings. The molecule has 0 spiro atoms. The topological polar surface area (TPSA) is 29.3 Å². The molecular weight excluding hydrogens is 228 g/mol. The number of rotatable bonds is 4. The number of anilines is 1. The van der Waals surface area contributed by atoms with Crippen LogP contribution >= 0.6 is 12.2 Å². The van der Waals surface area contributed by atoms with Crippen LogP contribution in [0.2, 0.25) is 0 Å². The highest BCUT2D eigenvalue weighted by molar-refractivity contribution is 7.80. The van der Waals surface area contributed by atoms with E-state index in [0.717, 1.165) is 25.9 Å². The molecular formula is C14H20N2S. The second-order valence-electron chi connectivity index (χ2n) is 4.64. The Morgan fingerprint density at radius 3 is 2.94 bits per heavy atom. The first kappa shape index (κ1) is 12.4. The van der Waals surface area contributed by atoms with Crippen molar-refractivity contribution >= 4 is 22.9 Å². The van der Waals surface area contributed by atoms with Gasteiger partial charge in [-0.25, -0.2) is 0 Å². The Hall–Kier alpha value is -1.09. The summed E-state index contributed by atoms with van der Waals surface area (Å²) < 4.78 is 0. The molecule has 92 valence electrons. The molecule has 0 saturated heterocycles. The van der Waals surface area contributed by atoms with Gasteiger partial charge in [-0.05, 0) is 43.7 Å². The maximum absolute atomic E-state index is 5.55. The first-order valence-electron chi connectivity index (χ1n) is 6.38. The van der Waals surface area contributed by atoms with Crippen molar-refractivity contribution in [3.63, 3.8) is 0 Å². The Kier molecular flexibility index (Phi) is 4.37. The second-order valence-corrected chi connectivity index (χ2v) is 5.17. The van der Waals surface area contributed by atoms with Crippen molar-refractivity contribution in [2.75, 3.05) is 18.0 Å². The van der Waals surface area contributed by atoms with Crippen LogP contribution < -0.4 is 10.6 Å². The number of benzene rings is 1. The van der Waals surface area contributed by atoms with Crippen molar-refractivity contribution in [2.45, 2.75) is 32.1 Å². The smallest absolute Gasteiger partial charge is 0.0728 e. The maximum Gasteiger partial charge on any atom is 0.0728 e. The molecule has 3 heteroatoms. The SMILES string of the molecule is NC(=S)CCCN1CCCCc2ccccc21. The second kappa shape index (κ2) is 6.01. The van der Waals surface area contributed by atoms with E-state index in [1.165, 1.54) is 30.5 Å². The van der Waals surface area contributed by atoms with E-state index in [0.29, 0.717) is 4.99 Å². The largest absolute Gasteiger partial charge is 0.393 e. The number of nitrogens with two attached hydrogens (primary N) is 1. The summed E-state index contributed by atoms with van der Waals surface area (Å²) in [4.78, 5) is 3.12. The van der Waals surface area contributed by atoms with Gasteiger partial charge < -0.3 is 10.6 Å². The Labute approximate surface area is 109 Å². The summed E-state index contributed by atoms with van der Waals surface area (Å²) in [5.74, 6) is 0. The van der Waals surface area contributed by atoms with Crippen molar-refractivity contribution < 1.29 is 0 Å². The van der Waals surface area contributed by atoms with Gasteiger partial charge in [-0.15, -0.1) is 0 Å². The monoisotopic (exact) mass is 248 g/mol. The molecule has 0 unspecified atom stereocenters. The van der Waals surface area contributed by atoms with Gasteiger partial charge in [-0.3, -0.25) is 0 Å². The lowest BCUT2D eigenvalue weighted by atomic mass is 10.1. The summed E-state index contributed by atoms with van der Waals surface area (Å²) in [5, 5.41) is 0. The number of thiocarbonyl (C=S) groups is 1. The third-order valence-electron chi connectivity index (χ3n) is 3.31. The van der Waals surface area contributed by atoms with Crippen LogP contribution in [0, 0.1) is 0 Å². The Morgan fingerprint density at radius 2 is 2.12 bits per heavy atom. The fourth-order valence-electron chi connectivity index (χ4n) is 2.45. The number of hydrogen-bond donors (Lipinski definition) is 1. The van der Waals surface area contributed by atoms with E-state index in [-0.39, 0.29) is 0 Å². The fraction of sp³-hybridized carbons (Fsp3) is 0.500. The molecule has 0 aromatic heterocycles. The van der Waals surface area contributed by atoms with E-state index in [2.05, 4.69) is 29.2 Å². The lowest BCUT2D eigenvalue weighted by Gasteiger charge is -2.24. The quantitative estimate of drug-likeness (QED) is 0.831. The highest BCUT2D eigenvalue weighted by Crippen LogP contribution is 2.26. The predicted octanol–water partition coefficient (Wildman–Crippen LogP) is 2.90.